The molecule has 0 aliphatic carbocycles. The lowest BCUT2D eigenvalue weighted by molar-refractivity contribution is -0.384. The second-order valence-corrected chi connectivity index (χ2v) is 6.13. The zero-order valence-corrected chi connectivity index (χ0v) is 15.5. The van der Waals surface area contributed by atoms with Crippen LogP contribution in [0, 0.1) is 10.1 Å². The van der Waals surface area contributed by atoms with Crippen molar-refractivity contribution < 1.29 is 24.0 Å². The summed E-state index contributed by atoms with van der Waals surface area (Å²) >= 11 is 0. The zero-order chi connectivity index (χ0) is 21.0. The molecule has 0 saturated heterocycles. The monoisotopic (exact) mass is 395 g/mol. The molecule has 0 aliphatic rings. The van der Waals surface area contributed by atoms with Gasteiger partial charge >= 0.3 is 11.6 Å². The minimum Gasteiger partial charge on any atom is -0.507 e. The quantitative estimate of drug-likeness (QED) is 0.223. The number of nitro groups is 1. The number of ether oxygens (including phenoxy) is 1. The van der Waals surface area contributed by atoms with Crippen molar-refractivity contribution in [2.24, 2.45) is 0 Å². The number of aromatic hydroxyl groups is 1. The van der Waals surface area contributed by atoms with Crippen LogP contribution in [-0.4, -0.2) is 22.6 Å². The number of fused-ring (bicyclic) bond motifs is 1. The molecule has 29 heavy (non-hydrogen) atoms. The number of benzene rings is 2. The Morgan fingerprint density at radius 1 is 1.24 bits per heavy atom. The summed E-state index contributed by atoms with van der Waals surface area (Å²) in [5.41, 5.74) is -0.379. The second-order valence-electron chi connectivity index (χ2n) is 6.13. The van der Waals surface area contributed by atoms with Crippen LogP contribution >= 0.6 is 0 Å². The minimum absolute atomic E-state index is 0.0465. The molecule has 0 atom stereocenters. The third kappa shape index (κ3) is 4.32. The molecule has 0 bridgehead atoms. The van der Waals surface area contributed by atoms with Gasteiger partial charge in [-0.2, -0.15) is 0 Å². The number of hydrogen-bond donors (Lipinski definition) is 1. The number of nitrogens with zero attached hydrogens (tertiary/aromatic N) is 1. The Bertz CT molecular complexity index is 1180. The van der Waals surface area contributed by atoms with Crippen LogP contribution in [0.5, 0.6) is 5.75 Å². The number of rotatable bonds is 6. The van der Waals surface area contributed by atoms with Crippen molar-refractivity contribution in [2.75, 3.05) is 6.61 Å². The summed E-state index contributed by atoms with van der Waals surface area (Å²) in [6.07, 6.45) is 1.12. The van der Waals surface area contributed by atoms with Crippen LogP contribution in [-0.2, 0) is 16.0 Å². The first-order valence-corrected chi connectivity index (χ1v) is 8.76. The van der Waals surface area contributed by atoms with Gasteiger partial charge in [0.1, 0.15) is 11.3 Å². The van der Waals surface area contributed by atoms with E-state index in [-0.39, 0.29) is 41.2 Å². The number of para-hydroxylation sites is 1. The van der Waals surface area contributed by atoms with Crippen molar-refractivity contribution in [3.63, 3.8) is 0 Å². The van der Waals surface area contributed by atoms with Gasteiger partial charge in [0.2, 0.25) is 0 Å². The highest BCUT2D eigenvalue weighted by molar-refractivity contribution is 5.95. The normalized spacial score (nSPS) is 11.4. The fourth-order valence-electron chi connectivity index (χ4n) is 2.85. The summed E-state index contributed by atoms with van der Waals surface area (Å²) < 4.78 is 10.3. The highest BCUT2D eigenvalue weighted by Gasteiger charge is 2.20. The molecule has 8 nitrogen and oxygen atoms in total. The lowest BCUT2D eigenvalue weighted by atomic mass is 10.0. The van der Waals surface area contributed by atoms with Crippen molar-refractivity contribution in [1.82, 2.24) is 0 Å². The fourth-order valence-corrected chi connectivity index (χ4v) is 2.85. The third-order valence-corrected chi connectivity index (χ3v) is 4.20. The summed E-state index contributed by atoms with van der Waals surface area (Å²) in [6, 6.07) is 12.2. The van der Waals surface area contributed by atoms with Crippen LogP contribution in [0.4, 0.5) is 5.69 Å². The van der Waals surface area contributed by atoms with Gasteiger partial charge in [-0.25, -0.2) is 9.59 Å². The van der Waals surface area contributed by atoms with E-state index in [1.165, 1.54) is 24.3 Å². The van der Waals surface area contributed by atoms with E-state index in [9.17, 15) is 24.8 Å². The molecule has 0 radical (unpaired) electrons. The maximum absolute atomic E-state index is 12.4. The summed E-state index contributed by atoms with van der Waals surface area (Å²) in [5, 5.41) is 21.9. The van der Waals surface area contributed by atoms with Gasteiger partial charge in [0.25, 0.3) is 5.69 Å². The standard InChI is InChI=1S/C21H17NO7/c1-2-28-20(24)14(10-13-6-5-7-15(11-13)22(26)27)12-17-19(23)16-8-3-4-9-18(16)29-21(17)25/h3-11,23H,2,12H2,1H3/b14-10+. The first-order valence-electron chi connectivity index (χ1n) is 8.76. The third-order valence-electron chi connectivity index (χ3n) is 4.20. The van der Waals surface area contributed by atoms with Crippen LogP contribution in [0.2, 0.25) is 0 Å². The Labute approximate surface area is 164 Å². The summed E-state index contributed by atoms with van der Waals surface area (Å²) in [7, 11) is 0. The smallest absolute Gasteiger partial charge is 0.343 e. The number of carbonyl (C=O) groups excluding carboxylic acids is 1. The van der Waals surface area contributed by atoms with E-state index in [0.717, 1.165) is 0 Å². The Morgan fingerprint density at radius 3 is 2.72 bits per heavy atom. The molecule has 3 rings (SSSR count). The Morgan fingerprint density at radius 2 is 2.00 bits per heavy atom. The molecule has 148 valence electrons. The van der Waals surface area contributed by atoms with Crippen molar-refractivity contribution in [2.45, 2.75) is 13.3 Å². The molecule has 2 aromatic carbocycles. The van der Waals surface area contributed by atoms with Crippen LogP contribution in [0.1, 0.15) is 18.1 Å². The number of non-ortho nitro benzene ring substituents is 1. The molecule has 0 fully saturated rings. The van der Waals surface area contributed by atoms with E-state index < -0.39 is 16.5 Å². The summed E-state index contributed by atoms with van der Waals surface area (Å²) in [4.78, 5) is 35.2. The SMILES string of the molecule is CCOC(=O)/C(=C/c1cccc([N+](=O)[O-])c1)Cc1c(O)c2ccccc2oc1=O. The predicted octanol–water partition coefficient (Wildman–Crippen LogP) is 3.60. The molecular formula is C21H17NO7. The lowest BCUT2D eigenvalue weighted by Crippen LogP contribution is -2.15. The van der Waals surface area contributed by atoms with Crippen molar-refractivity contribution >= 4 is 28.7 Å². The highest BCUT2D eigenvalue weighted by atomic mass is 16.6. The lowest BCUT2D eigenvalue weighted by Gasteiger charge is -2.09. The van der Waals surface area contributed by atoms with E-state index in [1.54, 1.807) is 37.3 Å². The van der Waals surface area contributed by atoms with Gasteiger partial charge in [0.15, 0.2) is 0 Å². The molecule has 8 heteroatoms. The van der Waals surface area contributed by atoms with Crippen LogP contribution in [0.3, 0.4) is 0 Å². The van der Waals surface area contributed by atoms with Gasteiger partial charge in [-0.15, -0.1) is 0 Å². The van der Waals surface area contributed by atoms with Gasteiger partial charge in [-0.3, -0.25) is 10.1 Å². The van der Waals surface area contributed by atoms with Gasteiger partial charge in [-0.05, 0) is 30.7 Å². The highest BCUT2D eigenvalue weighted by Crippen LogP contribution is 2.28. The minimum atomic E-state index is -0.782. The van der Waals surface area contributed by atoms with Gasteiger partial charge in [-0.1, -0.05) is 24.3 Å². The number of carbonyl (C=O) groups is 1. The van der Waals surface area contributed by atoms with E-state index in [2.05, 4.69) is 0 Å². The summed E-state index contributed by atoms with van der Waals surface area (Å²) in [6.45, 7) is 1.73. The molecule has 3 aromatic rings. The molecule has 0 amide bonds. The molecule has 1 heterocycles. The maximum atomic E-state index is 12.4. The largest absolute Gasteiger partial charge is 0.507 e. The molecule has 1 aromatic heterocycles. The first kappa shape index (κ1) is 19.8. The number of nitro benzene ring substituents is 1. The average molecular weight is 395 g/mol. The van der Waals surface area contributed by atoms with Crippen LogP contribution in [0.15, 0.2) is 63.3 Å². The molecule has 0 saturated carbocycles. The van der Waals surface area contributed by atoms with Crippen molar-refractivity contribution in [1.29, 1.82) is 0 Å². The molecule has 0 spiro atoms. The molecule has 0 aliphatic heterocycles. The van der Waals surface area contributed by atoms with Gasteiger partial charge in [0.05, 0.1) is 22.5 Å². The van der Waals surface area contributed by atoms with Gasteiger partial charge in [0, 0.05) is 24.1 Å². The predicted molar refractivity (Wildman–Crippen MR) is 106 cm³/mol. The van der Waals surface area contributed by atoms with Crippen molar-refractivity contribution in [3.8, 4) is 5.75 Å². The first-order chi connectivity index (χ1) is 13.9. The molecular weight excluding hydrogens is 378 g/mol. The zero-order valence-electron chi connectivity index (χ0n) is 15.5. The van der Waals surface area contributed by atoms with E-state index in [0.29, 0.717) is 10.9 Å². The Balaban J connectivity index is 2.09. The Kier molecular flexibility index (Phi) is 5.73. The van der Waals surface area contributed by atoms with E-state index in [1.807, 2.05) is 0 Å². The van der Waals surface area contributed by atoms with Crippen LogP contribution in [0.25, 0.3) is 17.0 Å². The number of hydrogen-bond acceptors (Lipinski definition) is 7. The average Bonchev–Trinajstić information content (AvgIpc) is 2.70. The number of esters is 1. The van der Waals surface area contributed by atoms with Crippen molar-refractivity contribution in [3.05, 3.63) is 85.8 Å². The van der Waals surface area contributed by atoms with Crippen LogP contribution < -0.4 is 5.63 Å². The second kappa shape index (κ2) is 8.39. The van der Waals surface area contributed by atoms with E-state index >= 15 is 0 Å². The Hall–Kier alpha value is -3.94. The maximum Gasteiger partial charge on any atom is 0.343 e. The molecule has 1 N–H and O–H groups in total. The summed E-state index contributed by atoms with van der Waals surface area (Å²) in [5.74, 6) is -0.989. The molecule has 0 unspecified atom stereocenters. The van der Waals surface area contributed by atoms with E-state index in [4.69, 9.17) is 9.15 Å². The van der Waals surface area contributed by atoms with Gasteiger partial charge < -0.3 is 14.3 Å². The fraction of sp³-hybridized carbons (Fsp3) is 0.143. The topological polar surface area (TPSA) is 120 Å².